The van der Waals surface area contributed by atoms with E-state index in [1.165, 1.54) is 0 Å². The number of hydrogen-bond acceptors (Lipinski definition) is 3. The van der Waals surface area contributed by atoms with Gasteiger partial charge in [-0.1, -0.05) is 29.3 Å². The summed E-state index contributed by atoms with van der Waals surface area (Å²) in [6.45, 7) is 3.52. The molecule has 1 aromatic heterocycles. The third-order valence-corrected chi connectivity index (χ3v) is 3.59. The van der Waals surface area contributed by atoms with Crippen LogP contribution in [-0.4, -0.2) is 17.0 Å². The molecule has 1 aromatic carbocycles. The van der Waals surface area contributed by atoms with Crippen molar-refractivity contribution in [2.24, 2.45) is 0 Å². The monoisotopic (exact) mass is 338 g/mol. The summed E-state index contributed by atoms with van der Waals surface area (Å²) < 4.78 is 5.58. The van der Waals surface area contributed by atoms with Gasteiger partial charge in [-0.25, -0.2) is 0 Å². The van der Waals surface area contributed by atoms with Gasteiger partial charge >= 0.3 is 0 Å². The second kappa shape index (κ2) is 7.47. The van der Waals surface area contributed by atoms with E-state index < -0.39 is 6.10 Å². The predicted molar refractivity (Wildman–Crippen MR) is 87.3 cm³/mol. The highest BCUT2D eigenvalue weighted by molar-refractivity contribution is 6.35. The Morgan fingerprint density at radius 2 is 2.00 bits per heavy atom. The van der Waals surface area contributed by atoms with E-state index in [9.17, 15) is 4.79 Å². The summed E-state index contributed by atoms with van der Waals surface area (Å²) in [5.41, 5.74) is 0.785. The molecule has 0 radical (unpaired) electrons. The smallest absolute Gasteiger partial charge is 0.261 e. The molecule has 2 rings (SSSR count). The number of hydrogen-bond donors (Lipinski definition) is 1. The normalized spacial score (nSPS) is 13.3. The summed E-state index contributed by atoms with van der Waals surface area (Å²) >= 11 is 11.9. The fraction of sp³-hybridized carbons (Fsp3) is 0.250. The molecule has 1 N–H and O–H groups in total. The van der Waals surface area contributed by atoms with Gasteiger partial charge in [0.15, 0.2) is 6.10 Å². The second-order valence-corrected chi connectivity index (χ2v) is 5.66. The van der Waals surface area contributed by atoms with Gasteiger partial charge in [0.1, 0.15) is 5.75 Å². The number of carbonyl (C=O) groups excluding carboxylic acids is 1. The molecule has 2 unspecified atom stereocenters. The van der Waals surface area contributed by atoms with Crippen LogP contribution in [0.15, 0.2) is 42.6 Å². The lowest BCUT2D eigenvalue weighted by Crippen LogP contribution is -2.38. The molecule has 0 aliphatic carbocycles. The summed E-state index contributed by atoms with van der Waals surface area (Å²) in [6.07, 6.45) is 0.996. The second-order valence-electron chi connectivity index (χ2n) is 4.82. The van der Waals surface area contributed by atoms with E-state index in [0.29, 0.717) is 15.8 Å². The van der Waals surface area contributed by atoms with Gasteiger partial charge in [-0.05, 0) is 44.2 Å². The van der Waals surface area contributed by atoms with E-state index in [0.717, 1.165) is 5.69 Å². The van der Waals surface area contributed by atoms with Crippen molar-refractivity contribution in [2.45, 2.75) is 26.0 Å². The first-order chi connectivity index (χ1) is 10.5. The third-order valence-electron chi connectivity index (χ3n) is 3.06. The maximum Gasteiger partial charge on any atom is 0.261 e. The van der Waals surface area contributed by atoms with Crippen LogP contribution in [0.5, 0.6) is 5.75 Å². The van der Waals surface area contributed by atoms with Crippen LogP contribution in [0, 0.1) is 0 Å². The van der Waals surface area contributed by atoms with Crippen LogP contribution in [0.25, 0.3) is 0 Å². The molecule has 6 heteroatoms. The van der Waals surface area contributed by atoms with Crippen LogP contribution in [0.4, 0.5) is 0 Å². The minimum atomic E-state index is -0.690. The number of ether oxygens (including phenoxy) is 1. The van der Waals surface area contributed by atoms with Crippen LogP contribution >= 0.6 is 23.2 Å². The Bertz CT molecular complexity index is 650. The van der Waals surface area contributed by atoms with E-state index in [4.69, 9.17) is 27.9 Å². The molecule has 0 saturated heterocycles. The Kier molecular flexibility index (Phi) is 5.63. The molecule has 4 nitrogen and oxygen atoms in total. The lowest BCUT2D eigenvalue weighted by Gasteiger charge is -2.19. The highest BCUT2D eigenvalue weighted by Crippen LogP contribution is 2.28. The number of benzene rings is 1. The number of amides is 1. The lowest BCUT2D eigenvalue weighted by molar-refractivity contribution is -0.127. The van der Waals surface area contributed by atoms with Gasteiger partial charge in [0.05, 0.1) is 16.8 Å². The molecule has 0 spiro atoms. The summed E-state index contributed by atoms with van der Waals surface area (Å²) in [5.74, 6) is 0.170. The van der Waals surface area contributed by atoms with Crippen LogP contribution in [0.3, 0.4) is 0 Å². The molecule has 116 valence electrons. The van der Waals surface area contributed by atoms with Gasteiger partial charge in [-0.15, -0.1) is 0 Å². The van der Waals surface area contributed by atoms with Crippen LogP contribution in [0.2, 0.25) is 10.0 Å². The fourth-order valence-electron chi connectivity index (χ4n) is 1.85. The maximum atomic E-state index is 12.2. The van der Waals surface area contributed by atoms with Crippen molar-refractivity contribution in [3.05, 3.63) is 58.3 Å². The number of carbonyl (C=O) groups is 1. The Balaban J connectivity index is 1.97. The minimum Gasteiger partial charge on any atom is -0.479 e. The van der Waals surface area contributed by atoms with E-state index in [1.807, 2.05) is 25.1 Å². The number of halogens is 2. The van der Waals surface area contributed by atoms with Crippen molar-refractivity contribution in [1.29, 1.82) is 0 Å². The Morgan fingerprint density at radius 1 is 1.23 bits per heavy atom. The van der Waals surface area contributed by atoms with Gasteiger partial charge in [-0.2, -0.15) is 0 Å². The van der Waals surface area contributed by atoms with Crippen molar-refractivity contribution in [3.8, 4) is 5.75 Å². The van der Waals surface area contributed by atoms with E-state index in [1.54, 1.807) is 31.3 Å². The van der Waals surface area contributed by atoms with Gasteiger partial charge in [0.25, 0.3) is 5.91 Å². The fourth-order valence-corrected chi connectivity index (χ4v) is 2.30. The highest BCUT2D eigenvalue weighted by Gasteiger charge is 2.19. The highest BCUT2D eigenvalue weighted by atomic mass is 35.5. The zero-order valence-corrected chi connectivity index (χ0v) is 13.7. The largest absolute Gasteiger partial charge is 0.479 e. The first kappa shape index (κ1) is 16.6. The molecule has 0 bridgehead atoms. The Labute approximate surface area is 139 Å². The summed E-state index contributed by atoms with van der Waals surface area (Å²) in [7, 11) is 0. The standard InChI is InChI=1S/C16H16Cl2N2O2/c1-10(14-5-3-4-8-19-14)20-16(21)11(2)22-15-7-6-12(17)9-13(15)18/h3-11H,1-2H3,(H,20,21). The SMILES string of the molecule is CC(Oc1ccc(Cl)cc1Cl)C(=O)NC(C)c1ccccn1. The predicted octanol–water partition coefficient (Wildman–Crippen LogP) is 4.03. The molecular formula is C16H16Cl2N2O2. The molecule has 2 atom stereocenters. The molecule has 1 heterocycles. The minimum absolute atomic E-state index is 0.208. The zero-order chi connectivity index (χ0) is 16.1. The molecule has 0 fully saturated rings. The van der Waals surface area contributed by atoms with Crippen LogP contribution < -0.4 is 10.1 Å². The van der Waals surface area contributed by atoms with Crippen molar-refractivity contribution in [3.63, 3.8) is 0 Å². The molecule has 1 amide bonds. The average molecular weight is 339 g/mol. The van der Waals surface area contributed by atoms with E-state index >= 15 is 0 Å². The summed E-state index contributed by atoms with van der Waals surface area (Å²) in [5, 5.41) is 3.73. The topological polar surface area (TPSA) is 51.2 Å². The van der Waals surface area contributed by atoms with Crippen molar-refractivity contribution >= 4 is 29.1 Å². The van der Waals surface area contributed by atoms with Gasteiger partial charge in [0.2, 0.25) is 0 Å². The number of rotatable bonds is 5. The zero-order valence-electron chi connectivity index (χ0n) is 12.2. The Morgan fingerprint density at radius 3 is 2.64 bits per heavy atom. The van der Waals surface area contributed by atoms with Crippen molar-refractivity contribution in [2.75, 3.05) is 0 Å². The average Bonchev–Trinajstić information content (AvgIpc) is 2.50. The first-order valence-electron chi connectivity index (χ1n) is 6.80. The quantitative estimate of drug-likeness (QED) is 0.895. The van der Waals surface area contributed by atoms with Gasteiger partial charge in [0, 0.05) is 11.2 Å². The molecule has 22 heavy (non-hydrogen) atoms. The van der Waals surface area contributed by atoms with Crippen molar-refractivity contribution < 1.29 is 9.53 Å². The van der Waals surface area contributed by atoms with Crippen LogP contribution in [0.1, 0.15) is 25.6 Å². The molecule has 0 saturated carbocycles. The van der Waals surface area contributed by atoms with E-state index in [-0.39, 0.29) is 11.9 Å². The Hall–Kier alpha value is -1.78. The number of pyridine rings is 1. The van der Waals surface area contributed by atoms with Gasteiger partial charge < -0.3 is 10.1 Å². The summed E-state index contributed by atoms with van der Waals surface area (Å²) in [4.78, 5) is 16.4. The molecule has 2 aromatic rings. The third kappa shape index (κ3) is 4.36. The number of aromatic nitrogens is 1. The first-order valence-corrected chi connectivity index (χ1v) is 7.56. The number of nitrogens with one attached hydrogen (secondary N) is 1. The van der Waals surface area contributed by atoms with Gasteiger partial charge in [-0.3, -0.25) is 9.78 Å². The van der Waals surface area contributed by atoms with Crippen molar-refractivity contribution in [1.82, 2.24) is 10.3 Å². The molecule has 0 aliphatic rings. The lowest BCUT2D eigenvalue weighted by atomic mass is 10.2. The number of nitrogens with zero attached hydrogens (tertiary/aromatic N) is 1. The summed E-state index contributed by atoms with van der Waals surface area (Å²) in [6, 6.07) is 10.2. The van der Waals surface area contributed by atoms with Crippen LogP contribution in [-0.2, 0) is 4.79 Å². The van der Waals surface area contributed by atoms with E-state index in [2.05, 4.69) is 10.3 Å². The maximum absolute atomic E-state index is 12.2. The molecular weight excluding hydrogens is 323 g/mol. The molecule has 0 aliphatic heterocycles.